The van der Waals surface area contributed by atoms with E-state index in [0.29, 0.717) is 53.9 Å². The van der Waals surface area contributed by atoms with Gasteiger partial charge in [0.25, 0.3) is 5.56 Å². The minimum atomic E-state index is -0.810. The molecule has 0 radical (unpaired) electrons. The number of hydrogen-bond donors (Lipinski definition) is 0. The van der Waals surface area contributed by atoms with Crippen LogP contribution in [0, 0.1) is 0 Å². The number of carbonyl (C=O) groups is 1. The SMILES string of the molecule is CCOC(=O)C1=C(C)N=c2s/c(=C\c3ccc(OCc4ccc(Cl)cc4)cc3)c(=O)n2[C@@H]1c1cc(OC)c(OC)cc1Br. The molecular formula is C32H28BrClN2O6S. The van der Waals surface area contributed by atoms with Crippen LogP contribution in [-0.2, 0) is 16.1 Å². The first-order valence-corrected chi connectivity index (χ1v) is 15.3. The highest BCUT2D eigenvalue weighted by molar-refractivity contribution is 9.10. The minimum absolute atomic E-state index is 0.180. The number of ether oxygens (including phenoxy) is 4. The normalized spacial score (nSPS) is 14.7. The zero-order valence-corrected chi connectivity index (χ0v) is 27.0. The molecule has 4 aromatic rings. The van der Waals surface area contributed by atoms with Crippen LogP contribution in [0.2, 0.25) is 5.02 Å². The van der Waals surface area contributed by atoms with E-state index >= 15 is 0 Å². The molecule has 0 bridgehead atoms. The van der Waals surface area contributed by atoms with Gasteiger partial charge in [0.15, 0.2) is 16.3 Å². The summed E-state index contributed by atoms with van der Waals surface area (Å²) < 4.78 is 24.9. The van der Waals surface area contributed by atoms with Crippen LogP contribution in [0.15, 0.2) is 86.2 Å². The maximum atomic E-state index is 14.0. The van der Waals surface area contributed by atoms with Crippen LogP contribution in [0.4, 0.5) is 0 Å². The summed E-state index contributed by atoms with van der Waals surface area (Å²) in [6.07, 6.45) is 1.80. The van der Waals surface area contributed by atoms with E-state index in [2.05, 4.69) is 20.9 Å². The number of nitrogens with zero attached hydrogens (tertiary/aromatic N) is 2. The number of hydrogen-bond acceptors (Lipinski definition) is 8. The number of fused-ring (bicyclic) bond motifs is 1. The molecule has 0 amide bonds. The molecule has 0 N–H and O–H groups in total. The third-order valence-corrected chi connectivity index (χ3v) is 8.73. The standard InChI is InChI=1S/C32H28BrClN2O6S/c1-5-41-31(38)28-18(2)35-32-36(29(28)23-15-25(39-3)26(40-4)16-24(23)33)30(37)27(43-32)14-19-8-12-22(13-9-19)42-17-20-6-10-21(34)11-7-20/h6-16,29H,5,17H2,1-4H3/b27-14-/t29-/m1/s1. The Bertz CT molecular complexity index is 1880. The van der Waals surface area contributed by atoms with Gasteiger partial charge in [-0.25, -0.2) is 9.79 Å². The molecule has 1 atom stereocenters. The maximum absolute atomic E-state index is 14.0. The Labute approximate surface area is 265 Å². The second-order valence-electron chi connectivity index (χ2n) is 9.52. The van der Waals surface area contributed by atoms with Gasteiger partial charge in [-0.05, 0) is 73.0 Å². The van der Waals surface area contributed by atoms with Crippen LogP contribution >= 0.6 is 38.9 Å². The summed E-state index contributed by atoms with van der Waals surface area (Å²) in [6.45, 7) is 4.06. The Morgan fingerprint density at radius 1 is 1.07 bits per heavy atom. The number of allylic oxidation sites excluding steroid dienone is 1. The van der Waals surface area contributed by atoms with Crippen molar-refractivity contribution in [3.63, 3.8) is 0 Å². The third kappa shape index (κ3) is 6.41. The lowest BCUT2D eigenvalue weighted by molar-refractivity contribution is -0.139. The number of aromatic nitrogens is 1. The van der Waals surface area contributed by atoms with E-state index in [9.17, 15) is 9.59 Å². The van der Waals surface area contributed by atoms with E-state index in [0.717, 1.165) is 11.1 Å². The minimum Gasteiger partial charge on any atom is -0.493 e. The predicted molar refractivity (Wildman–Crippen MR) is 170 cm³/mol. The maximum Gasteiger partial charge on any atom is 0.338 e. The van der Waals surface area contributed by atoms with Gasteiger partial charge in [0.1, 0.15) is 12.4 Å². The number of carbonyl (C=O) groups excluding carboxylic acids is 1. The van der Waals surface area contributed by atoms with Gasteiger partial charge in [0.05, 0.1) is 42.7 Å². The van der Waals surface area contributed by atoms with Crippen LogP contribution in [0.3, 0.4) is 0 Å². The molecule has 0 spiro atoms. The number of thiazole rings is 1. The van der Waals surface area contributed by atoms with E-state index in [4.69, 9.17) is 30.5 Å². The molecule has 5 rings (SSSR count). The Balaban J connectivity index is 1.55. The highest BCUT2D eigenvalue weighted by Crippen LogP contribution is 2.40. The van der Waals surface area contributed by atoms with Crippen LogP contribution in [0.1, 0.15) is 36.6 Å². The summed E-state index contributed by atoms with van der Waals surface area (Å²) in [5, 5.41) is 0.674. The van der Waals surface area contributed by atoms with Crippen molar-refractivity contribution in [1.29, 1.82) is 0 Å². The second-order valence-corrected chi connectivity index (χ2v) is 11.8. The van der Waals surface area contributed by atoms with E-state index in [-0.39, 0.29) is 17.7 Å². The predicted octanol–water partition coefficient (Wildman–Crippen LogP) is 5.81. The molecule has 222 valence electrons. The fraction of sp³-hybridized carbons (Fsp3) is 0.219. The second kappa shape index (κ2) is 13.2. The van der Waals surface area contributed by atoms with Crippen molar-refractivity contribution < 1.29 is 23.7 Å². The van der Waals surface area contributed by atoms with E-state index in [1.165, 1.54) is 23.0 Å². The molecule has 1 aliphatic heterocycles. The fourth-order valence-corrected chi connectivity index (χ4v) is 6.44. The number of esters is 1. The van der Waals surface area contributed by atoms with Gasteiger partial charge in [-0.15, -0.1) is 0 Å². The molecule has 3 aromatic carbocycles. The fourth-order valence-electron chi connectivity index (χ4n) is 4.72. The monoisotopic (exact) mass is 682 g/mol. The van der Waals surface area contributed by atoms with E-state index in [1.807, 2.05) is 48.5 Å². The summed E-state index contributed by atoms with van der Waals surface area (Å²) in [7, 11) is 3.07. The Morgan fingerprint density at radius 2 is 1.74 bits per heavy atom. The first-order chi connectivity index (χ1) is 20.7. The van der Waals surface area contributed by atoms with Crippen molar-refractivity contribution in [2.45, 2.75) is 26.5 Å². The molecule has 1 aromatic heterocycles. The Kier molecular flexibility index (Phi) is 9.39. The third-order valence-electron chi connectivity index (χ3n) is 6.81. The van der Waals surface area contributed by atoms with Gasteiger partial charge in [-0.1, -0.05) is 63.1 Å². The van der Waals surface area contributed by atoms with Gasteiger partial charge >= 0.3 is 5.97 Å². The highest BCUT2D eigenvalue weighted by atomic mass is 79.9. The molecule has 0 saturated carbocycles. The number of methoxy groups -OCH3 is 2. The van der Waals surface area contributed by atoms with Crippen LogP contribution in [-0.4, -0.2) is 31.4 Å². The number of benzene rings is 3. The highest BCUT2D eigenvalue weighted by Gasteiger charge is 2.35. The van der Waals surface area contributed by atoms with Crippen LogP contribution < -0.4 is 29.1 Å². The summed E-state index contributed by atoms with van der Waals surface area (Å²) in [5.74, 6) is 1.11. The van der Waals surface area contributed by atoms with Crippen LogP contribution in [0.25, 0.3) is 6.08 Å². The number of halogens is 2. The lowest BCUT2D eigenvalue weighted by Gasteiger charge is -2.26. The molecule has 0 aliphatic carbocycles. The molecule has 1 aliphatic rings. The molecule has 11 heteroatoms. The summed E-state index contributed by atoms with van der Waals surface area (Å²) in [6, 6.07) is 17.6. The summed E-state index contributed by atoms with van der Waals surface area (Å²) in [5.41, 5.74) is 2.91. The van der Waals surface area contributed by atoms with Crippen molar-refractivity contribution >= 4 is 50.9 Å². The first-order valence-electron chi connectivity index (χ1n) is 13.3. The Morgan fingerprint density at radius 3 is 2.40 bits per heavy atom. The number of rotatable bonds is 9. The van der Waals surface area contributed by atoms with Crippen molar-refractivity contribution in [3.8, 4) is 17.2 Å². The zero-order valence-electron chi connectivity index (χ0n) is 23.9. The Hall–Kier alpha value is -3.86. The van der Waals surface area contributed by atoms with Gasteiger partial charge < -0.3 is 18.9 Å². The molecule has 8 nitrogen and oxygen atoms in total. The van der Waals surface area contributed by atoms with Crippen LogP contribution in [0.5, 0.6) is 17.2 Å². The van der Waals surface area contributed by atoms with Crippen molar-refractivity contribution in [1.82, 2.24) is 4.57 Å². The molecule has 43 heavy (non-hydrogen) atoms. The molecule has 0 fully saturated rings. The zero-order chi connectivity index (χ0) is 30.7. The average molecular weight is 684 g/mol. The van der Waals surface area contributed by atoms with Gasteiger partial charge in [0, 0.05) is 9.50 Å². The first kappa shape index (κ1) is 30.6. The topological polar surface area (TPSA) is 88.4 Å². The lowest BCUT2D eigenvalue weighted by Crippen LogP contribution is -2.40. The quantitative estimate of drug-likeness (QED) is 0.207. The van der Waals surface area contributed by atoms with Crippen molar-refractivity contribution in [3.05, 3.63) is 118 Å². The van der Waals surface area contributed by atoms with Crippen molar-refractivity contribution in [2.75, 3.05) is 20.8 Å². The van der Waals surface area contributed by atoms with Gasteiger partial charge in [-0.2, -0.15) is 0 Å². The molecule has 2 heterocycles. The van der Waals surface area contributed by atoms with Gasteiger partial charge in [0.2, 0.25) is 0 Å². The van der Waals surface area contributed by atoms with E-state index in [1.54, 1.807) is 39.2 Å². The van der Waals surface area contributed by atoms with E-state index < -0.39 is 12.0 Å². The summed E-state index contributed by atoms with van der Waals surface area (Å²) in [4.78, 5) is 32.3. The molecule has 0 unspecified atom stereocenters. The largest absolute Gasteiger partial charge is 0.493 e. The lowest BCUT2D eigenvalue weighted by atomic mass is 9.95. The smallest absolute Gasteiger partial charge is 0.338 e. The van der Waals surface area contributed by atoms with Gasteiger partial charge in [-0.3, -0.25) is 9.36 Å². The molecule has 0 saturated heterocycles. The molecular weight excluding hydrogens is 656 g/mol. The van der Waals surface area contributed by atoms with Crippen molar-refractivity contribution in [2.24, 2.45) is 4.99 Å². The summed E-state index contributed by atoms with van der Waals surface area (Å²) >= 11 is 10.8. The average Bonchev–Trinajstić information content (AvgIpc) is 3.30.